The van der Waals surface area contributed by atoms with Gasteiger partial charge in [-0.25, -0.2) is 15.8 Å². The number of hydrogen-bond donors (Lipinski definition) is 3. The zero-order valence-corrected chi connectivity index (χ0v) is 12.8. The first-order valence-corrected chi connectivity index (χ1v) is 6.91. The molecule has 0 bridgehead atoms. The molecular formula is C13H13BrN6O. The van der Waals surface area contributed by atoms with Crippen LogP contribution in [0.4, 0.5) is 17.3 Å². The van der Waals surface area contributed by atoms with Crippen LogP contribution in [0.1, 0.15) is 0 Å². The van der Waals surface area contributed by atoms with Crippen LogP contribution >= 0.6 is 15.9 Å². The van der Waals surface area contributed by atoms with Gasteiger partial charge in [0, 0.05) is 22.9 Å². The molecule has 0 unspecified atom stereocenters. The number of fused-ring (bicyclic) bond motifs is 1. The molecule has 21 heavy (non-hydrogen) atoms. The molecule has 4 N–H and O–H groups in total. The Morgan fingerprint density at radius 1 is 1.38 bits per heavy atom. The van der Waals surface area contributed by atoms with Crippen molar-refractivity contribution in [2.75, 3.05) is 17.9 Å². The van der Waals surface area contributed by atoms with E-state index in [1.165, 1.54) is 0 Å². The van der Waals surface area contributed by atoms with Crippen LogP contribution in [-0.2, 0) is 0 Å². The van der Waals surface area contributed by atoms with E-state index in [0.29, 0.717) is 17.3 Å². The summed E-state index contributed by atoms with van der Waals surface area (Å²) in [6.45, 7) is 0. The molecule has 0 amide bonds. The Morgan fingerprint density at radius 2 is 2.24 bits per heavy atom. The second-order valence-corrected chi connectivity index (χ2v) is 5.10. The third-order valence-electron chi connectivity index (χ3n) is 2.95. The molecule has 0 aliphatic heterocycles. The van der Waals surface area contributed by atoms with Crippen molar-refractivity contribution in [2.24, 2.45) is 5.84 Å². The Kier molecular flexibility index (Phi) is 3.63. The molecule has 2 heterocycles. The molecule has 0 aliphatic rings. The van der Waals surface area contributed by atoms with Crippen molar-refractivity contribution >= 4 is 38.9 Å². The summed E-state index contributed by atoms with van der Waals surface area (Å²) < 4.78 is 7.95. The van der Waals surface area contributed by atoms with Crippen molar-refractivity contribution in [3.05, 3.63) is 41.3 Å². The highest BCUT2D eigenvalue weighted by molar-refractivity contribution is 9.10. The van der Waals surface area contributed by atoms with Crippen LogP contribution in [0.15, 0.2) is 41.3 Å². The van der Waals surface area contributed by atoms with Crippen LogP contribution < -0.4 is 21.3 Å². The second kappa shape index (κ2) is 5.58. The molecule has 0 spiro atoms. The minimum absolute atomic E-state index is 0.530. The minimum Gasteiger partial charge on any atom is -0.497 e. The minimum atomic E-state index is 0.530. The van der Waals surface area contributed by atoms with Gasteiger partial charge < -0.3 is 19.9 Å². The molecular weight excluding hydrogens is 336 g/mol. The molecule has 8 heteroatoms. The van der Waals surface area contributed by atoms with E-state index in [2.05, 4.69) is 36.6 Å². The lowest BCUT2D eigenvalue weighted by Crippen LogP contribution is -2.11. The third kappa shape index (κ3) is 2.63. The van der Waals surface area contributed by atoms with E-state index in [4.69, 9.17) is 10.6 Å². The Morgan fingerprint density at radius 3 is 3.00 bits per heavy atom. The van der Waals surface area contributed by atoms with E-state index in [1.807, 2.05) is 28.8 Å². The summed E-state index contributed by atoms with van der Waals surface area (Å²) in [5.41, 5.74) is 4.05. The molecule has 2 aromatic heterocycles. The Labute approximate surface area is 129 Å². The number of rotatable bonds is 4. The van der Waals surface area contributed by atoms with Crippen molar-refractivity contribution in [1.82, 2.24) is 14.4 Å². The molecule has 0 saturated heterocycles. The van der Waals surface area contributed by atoms with Gasteiger partial charge in [0.2, 0.25) is 0 Å². The summed E-state index contributed by atoms with van der Waals surface area (Å²) >= 11 is 3.49. The smallest absolute Gasteiger partial charge is 0.180 e. The lowest BCUT2D eigenvalue weighted by molar-refractivity contribution is 0.415. The molecule has 0 fully saturated rings. The number of methoxy groups -OCH3 is 1. The third-order valence-corrected chi connectivity index (χ3v) is 3.64. The van der Waals surface area contributed by atoms with E-state index in [9.17, 15) is 0 Å². The van der Waals surface area contributed by atoms with Crippen LogP contribution in [-0.4, -0.2) is 21.5 Å². The number of anilines is 3. The topological polar surface area (TPSA) is 89.5 Å². The summed E-state index contributed by atoms with van der Waals surface area (Å²) in [7, 11) is 1.62. The van der Waals surface area contributed by atoms with Gasteiger partial charge in [-0.3, -0.25) is 0 Å². The summed E-state index contributed by atoms with van der Waals surface area (Å²) in [6.07, 6.45) is 5.28. The van der Waals surface area contributed by atoms with E-state index >= 15 is 0 Å². The molecule has 108 valence electrons. The van der Waals surface area contributed by atoms with Crippen LogP contribution in [0.3, 0.4) is 0 Å². The molecule has 0 atom stereocenters. The summed E-state index contributed by atoms with van der Waals surface area (Å²) in [6, 6.07) is 5.63. The number of nitrogens with two attached hydrogens (primary N) is 1. The number of hydrazine groups is 1. The van der Waals surface area contributed by atoms with Gasteiger partial charge in [0.05, 0.1) is 19.0 Å². The van der Waals surface area contributed by atoms with Crippen molar-refractivity contribution in [3.63, 3.8) is 0 Å². The van der Waals surface area contributed by atoms with Crippen molar-refractivity contribution < 1.29 is 4.74 Å². The lowest BCUT2D eigenvalue weighted by atomic mass is 10.3. The van der Waals surface area contributed by atoms with Gasteiger partial charge >= 0.3 is 0 Å². The molecule has 3 aromatic rings. The number of aromatic nitrogens is 3. The van der Waals surface area contributed by atoms with Gasteiger partial charge in [-0.2, -0.15) is 0 Å². The fourth-order valence-corrected chi connectivity index (χ4v) is 2.29. The predicted octanol–water partition coefficient (Wildman–Crippen LogP) is 2.53. The predicted molar refractivity (Wildman–Crippen MR) is 84.8 cm³/mol. The number of nitrogens with zero attached hydrogens (tertiary/aromatic N) is 3. The molecule has 0 aliphatic carbocycles. The fourth-order valence-electron chi connectivity index (χ4n) is 1.94. The second-order valence-electron chi connectivity index (χ2n) is 4.25. The fraction of sp³-hybridized carbons (Fsp3) is 0.0769. The number of ether oxygens (including phenoxy) is 1. The Hall–Kier alpha value is -2.32. The van der Waals surface area contributed by atoms with Crippen LogP contribution in [0, 0.1) is 0 Å². The SMILES string of the molecule is COc1ccc(Br)c(Nc2nc(NN)cn3ccnc23)c1. The van der Waals surface area contributed by atoms with Crippen LogP contribution in [0.2, 0.25) is 0 Å². The van der Waals surface area contributed by atoms with Crippen LogP contribution in [0.5, 0.6) is 5.75 Å². The first kappa shape index (κ1) is 13.7. The van der Waals surface area contributed by atoms with Gasteiger partial charge in [-0.15, -0.1) is 0 Å². The standard InChI is InChI=1S/C13H13BrN6O/c1-21-8-2-3-9(14)10(6-8)17-12-13-16-4-5-20(13)7-11(18-12)19-15/h2-7,19H,15H2,1H3,(H,17,18). The number of nitrogen functional groups attached to an aromatic ring is 1. The van der Waals surface area contributed by atoms with Gasteiger partial charge in [0.25, 0.3) is 0 Å². The van der Waals surface area contributed by atoms with E-state index in [0.717, 1.165) is 15.9 Å². The molecule has 0 radical (unpaired) electrons. The highest BCUT2D eigenvalue weighted by atomic mass is 79.9. The molecule has 1 aromatic carbocycles. The molecule has 3 rings (SSSR count). The zero-order chi connectivity index (χ0) is 14.8. The van der Waals surface area contributed by atoms with Gasteiger partial charge in [-0.05, 0) is 28.1 Å². The average Bonchev–Trinajstić information content (AvgIpc) is 2.98. The maximum absolute atomic E-state index is 5.44. The first-order chi connectivity index (χ1) is 10.2. The van der Waals surface area contributed by atoms with Gasteiger partial charge in [0.1, 0.15) is 5.75 Å². The number of nitrogens with one attached hydrogen (secondary N) is 2. The normalized spacial score (nSPS) is 10.6. The lowest BCUT2D eigenvalue weighted by Gasteiger charge is -2.11. The Bertz CT molecular complexity index is 787. The number of benzene rings is 1. The van der Waals surface area contributed by atoms with Crippen molar-refractivity contribution in [3.8, 4) is 5.75 Å². The molecule has 7 nitrogen and oxygen atoms in total. The van der Waals surface area contributed by atoms with E-state index in [-0.39, 0.29) is 0 Å². The summed E-state index contributed by atoms with van der Waals surface area (Å²) in [5, 5.41) is 3.23. The largest absolute Gasteiger partial charge is 0.497 e. The van der Waals surface area contributed by atoms with E-state index in [1.54, 1.807) is 19.5 Å². The van der Waals surface area contributed by atoms with Crippen LogP contribution in [0.25, 0.3) is 5.65 Å². The van der Waals surface area contributed by atoms with E-state index < -0.39 is 0 Å². The highest BCUT2D eigenvalue weighted by Gasteiger charge is 2.10. The zero-order valence-electron chi connectivity index (χ0n) is 11.2. The van der Waals surface area contributed by atoms with Crippen molar-refractivity contribution in [1.29, 1.82) is 0 Å². The number of halogens is 1. The quantitative estimate of drug-likeness (QED) is 0.495. The number of imidazole rings is 1. The maximum atomic E-state index is 5.44. The summed E-state index contributed by atoms with van der Waals surface area (Å²) in [4.78, 5) is 8.68. The Balaban J connectivity index is 2.07. The highest BCUT2D eigenvalue weighted by Crippen LogP contribution is 2.30. The first-order valence-electron chi connectivity index (χ1n) is 6.12. The van der Waals surface area contributed by atoms with Gasteiger partial charge in [-0.1, -0.05) is 0 Å². The molecule has 0 saturated carbocycles. The monoisotopic (exact) mass is 348 g/mol. The van der Waals surface area contributed by atoms with Gasteiger partial charge in [0.15, 0.2) is 17.3 Å². The van der Waals surface area contributed by atoms with Crippen molar-refractivity contribution in [2.45, 2.75) is 0 Å². The average molecular weight is 349 g/mol. The number of hydrogen-bond acceptors (Lipinski definition) is 6. The maximum Gasteiger partial charge on any atom is 0.180 e. The summed E-state index contributed by atoms with van der Waals surface area (Å²) in [5.74, 6) is 7.30.